The van der Waals surface area contributed by atoms with E-state index in [4.69, 9.17) is 16.3 Å². The smallest absolute Gasteiger partial charge is 0.336 e. The van der Waals surface area contributed by atoms with Crippen LogP contribution in [0.5, 0.6) is 5.75 Å². The second-order valence-electron chi connectivity index (χ2n) is 7.42. The van der Waals surface area contributed by atoms with Crippen molar-refractivity contribution in [2.24, 2.45) is 0 Å². The fourth-order valence-electron chi connectivity index (χ4n) is 3.42. The van der Waals surface area contributed by atoms with Crippen molar-refractivity contribution in [3.05, 3.63) is 81.9 Å². The maximum atomic E-state index is 11.3. The van der Waals surface area contributed by atoms with E-state index >= 15 is 0 Å². The van der Waals surface area contributed by atoms with Crippen molar-refractivity contribution in [3.63, 3.8) is 0 Å². The molecule has 0 aliphatic carbocycles. The minimum Gasteiger partial charge on any atom is -0.489 e. The van der Waals surface area contributed by atoms with Crippen molar-refractivity contribution >= 4 is 23.5 Å². The lowest BCUT2D eigenvalue weighted by molar-refractivity contribution is -0.136. The van der Waals surface area contributed by atoms with Crippen LogP contribution >= 0.6 is 11.6 Å². The van der Waals surface area contributed by atoms with Crippen LogP contribution in [0.15, 0.2) is 48.5 Å². The van der Waals surface area contributed by atoms with Crippen molar-refractivity contribution < 1.29 is 24.5 Å². The number of carboxylic acid groups (broad SMARTS) is 2. The van der Waals surface area contributed by atoms with Gasteiger partial charge in [0.1, 0.15) is 18.2 Å². The van der Waals surface area contributed by atoms with E-state index in [1.165, 1.54) is 0 Å². The topological polar surface area (TPSA) is 102 Å². The van der Waals surface area contributed by atoms with Gasteiger partial charge in [-0.15, -0.1) is 0 Å². The van der Waals surface area contributed by atoms with E-state index in [0.29, 0.717) is 23.6 Å². The first-order chi connectivity index (χ1) is 15.4. The number of aryl methyl sites for hydroxylation is 1. The molecule has 0 atom stereocenters. The van der Waals surface area contributed by atoms with Gasteiger partial charge in [-0.05, 0) is 30.2 Å². The predicted molar refractivity (Wildman–Crippen MR) is 120 cm³/mol. The maximum Gasteiger partial charge on any atom is 0.336 e. The molecule has 0 radical (unpaired) electrons. The molecule has 1 aromatic heterocycles. The van der Waals surface area contributed by atoms with E-state index in [0.717, 1.165) is 30.7 Å². The van der Waals surface area contributed by atoms with Crippen LogP contribution in [0, 0.1) is 0 Å². The summed E-state index contributed by atoms with van der Waals surface area (Å²) in [5, 5.41) is 18.8. The van der Waals surface area contributed by atoms with E-state index in [-0.39, 0.29) is 23.7 Å². The molecule has 2 aromatic carbocycles. The Hall–Kier alpha value is -3.32. The summed E-state index contributed by atoms with van der Waals surface area (Å²) in [5.74, 6) is -0.566. The van der Waals surface area contributed by atoms with Crippen LogP contribution in [-0.2, 0) is 30.8 Å². The third kappa shape index (κ3) is 5.88. The molecule has 8 heteroatoms. The minimum atomic E-state index is -0.991. The largest absolute Gasteiger partial charge is 0.489 e. The van der Waals surface area contributed by atoms with E-state index < -0.39 is 11.9 Å². The zero-order valence-corrected chi connectivity index (χ0v) is 18.5. The minimum absolute atomic E-state index is 0.142. The molecule has 3 aromatic rings. The first-order valence-corrected chi connectivity index (χ1v) is 10.7. The highest BCUT2D eigenvalue weighted by Gasteiger charge is 2.18. The molecule has 32 heavy (non-hydrogen) atoms. The quantitative estimate of drug-likeness (QED) is 0.428. The molecule has 168 valence electrons. The monoisotopic (exact) mass is 456 g/mol. The summed E-state index contributed by atoms with van der Waals surface area (Å²) in [5.41, 5.74) is 2.25. The Morgan fingerprint density at radius 3 is 2.47 bits per heavy atom. The number of aromatic nitrogens is 2. The molecule has 2 N–H and O–H groups in total. The Labute approximate surface area is 191 Å². The number of ether oxygens (including phenoxy) is 1. The van der Waals surface area contributed by atoms with Crippen molar-refractivity contribution in [2.45, 2.75) is 45.8 Å². The first kappa shape index (κ1) is 23.3. The third-order valence-electron chi connectivity index (χ3n) is 5.08. The number of halogens is 1. The van der Waals surface area contributed by atoms with Gasteiger partial charge in [-0.2, -0.15) is 0 Å². The molecule has 1 heterocycles. The van der Waals surface area contributed by atoms with Gasteiger partial charge < -0.3 is 19.5 Å². The van der Waals surface area contributed by atoms with Crippen LogP contribution in [0.2, 0.25) is 5.15 Å². The van der Waals surface area contributed by atoms with Gasteiger partial charge in [0.15, 0.2) is 5.15 Å². The summed E-state index contributed by atoms with van der Waals surface area (Å²) in [6.07, 6.45) is 2.46. The second-order valence-corrected chi connectivity index (χ2v) is 7.78. The van der Waals surface area contributed by atoms with Crippen molar-refractivity contribution in [3.8, 4) is 5.75 Å². The summed E-state index contributed by atoms with van der Waals surface area (Å²) >= 11 is 6.24. The van der Waals surface area contributed by atoms with Crippen LogP contribution in [0.4, 0.5) is 0 Å². The van der Waals surface area contributed by atoms with Gasteiger partial charge >= 0.3 is 11.9 Å². The number of hydrogen-bond acceptors (Lipinski definition) is 4. The SMILES string of the molecule is CCCCc1nc(Cl)c(CC(=O)O)n1Cc1ccc(OCc2ccccc2C(=O)O)cc1. The number of imidazole rings is 1. The summed E-state index contributed by atoms with van der Waals surface area (Å²) in [4.78, 5) is 27.0. The van der Waals surface area contributed by atoms with E-state index in [1.54, 1.807) is 36.4 Å². The highest BCUT2D eigenvalue weighted by atomic mass is 35.5. The number of benzene rings is 2. The fraction of sp³-hybridized carbons (Fsp3) is 0.292. The molecule has 7 nitrogen and oxygen atoms in total. The molecule has 0 fully saturated rings. The molecule has 0 bridgehead atoms. The highest BCUT2D eigenvalue weighted by molar-refractivity contribution is 6.30. The first-order valence-electron chi connectivity index (χ1n) is 10.4. The Bertz CT molecular complexity index is 1090. The number of unbranched alkanes of at least 4 members (excludes halogenated alkanes) is 1. The molecular formula is C24H25ClN2O5. The van der Waals surface area contributed by atoms with Crippen LogP contribution in [0.3, 0.4) is 0 Å². The van der Waals surface area contributed by atoms with E-state index in [9.17, 15) is 19.8 Å². The normalized spacial score (nSPS) is 10.8. The number of rotatable bonds is 11. The van der Waals surface area contributed by atoms with Gasteiger partial charge in [-0.1, -0.05) is 55.3 Å². The van der Waals surface area contributed by atoms with Gasteiger partial charge in [0.25, 0.3) is 0 Å². The molecule has 0 spiro atoms. The van der Waals surface area contributed by atoms with Crippen molar-refractivity contribution in [1.29, 1.82) is 0 Å². The summed E-state index contributed by atoms with van der Waals surface area (Å²) in [6, 6.07) is 14.1. The van der Waals surface area contributed by atoms with Crippen LogP contribution in [0.25, 0.3) is 0 Å². The molecule has 0 aliphatic heterocycles. The van der Waals surface area contributed by atoms with Crippen molar-refractivity contribution in [2.75, 3.05) is 0 Å². The van der Waals surface area contributed by atoms with Crippen LogP contribution < -0.4 is 4.74 Å². The number of aliphatic carboxylic acids is 1. The van der Waals surface area contributed by atoms with Gasteiger partial charge in [0.05, 0.1) is 17.7 Å². The van der Waals surface area contributed by atoms with Crippen LogP contribution in [0.1, 0.15) is 52.8 Å². The highest BCUT2D eigenvalue weighted by Crippen LogP contribution is 2.23. The summed E-state index contributed by atoms with van der Waals surface area (Å²) < 4.78 is 7.64. The van der Waals surface area contributed by atoms with Gasteiger partial charge in [-0.3, -0.25) is 4.79 Å². The molecule has 0 saturated carbocycles. The maximum absolute atomic E-state index is 11.3. The molecular weight excluding hydrogens is 432 g/mol. The Balaban J connectivity index is 1.74. The third-order valence-corrected chi connectivity index (χ3v) is 5.38. The number of aromatic carboxylic acids is 1. The molecule has 0 saturated heterocycles. The van der Waals surface area contributed by atoms with Crippen LogP contribution in [-0.4, -0.2) is 31.7 Å². The standard InChI is InChI=1S/C24H25ClN2O5/c1-2-3-8-21-26-23(25)20(13-22(28)29)27(21)14-16-9-11-18(12-10-16)32-15-17-6-4-5-7-19(17)24(30)31/h4-7,9-12H,2-3,8,13-15H2,1H3,(H,28,29)(H,30,31). The fourth-order valence-corrected chi connectivity index (χ4v) is 3.69. The number of carbonyl (C=O) groups is 2. The summed E-state index contributed by atoms with van der Waals surface area (Å²) in [7, 11) is 0. The average molecular weight is 457 g/mol. The number of hydrogen-bond donors (Lipinski definition) is 2. The van der Waals surface area contributed by atoms with Gasteiger partial charge in [0.2, 0.25) is 0 Å². The molecule has 3 rings (SSSR count). The van der Waals surface area contributed by atoms with Gasteiger partial charge in [0, 0.05) is 18.5 Å². The zero-order chi connectivity index (χ0) is 23.1. The number of nitrogens with zero attached hydrogens (tertiary/aromatic N) is 2. The predicted octanol–water partition coefficient (Wildman–Crippen LogP) is 4.83. The molecule has 0 unspecified atom stereocenters. The average Bonchev–Trinajstić information content (AvgIpc) is 3.05. The second kappa shape index (κ2) is 10.8. The van der Waals surface area contributed by atoms with E-state index in [2.05, 4.69) is 11.9 Å². The Kier molecular flexibility index (Phi) is 7.89. The lowest BCUT2D eigenvalue weighted by atomic mass is 10.1. The Morgan fingerprint density at radius 2 is 1.81 bits per heavy atom. The number of carboxylic acids is 2. The van der Waals surface area contributed by atoms with Gasteiger partial charge in [-0.25, -0.2) is 9.78 Å². The Morgan fingerprint density at radius 1 is 1.09 bits per heavy atom. The lowest BCUT2D eigenvalue weighted by Gasteiger charge is -2.13. The lowest BCUT2D eigenvalue weighted by Crippen LogP contribution is -2.12. The zero-order valence-electron chi connectivity index (χ0n) is 17.8. The van der Waals surface area contributed by atoms with Crippen molar-refractivity contribution in [1.82, 2.24) is 9.55 Å². The summed E-state index contributed by atoms with van der Waals surface area (Å²) in [6.45, 7) is 2.67. The molecule has 0 amide bonds. The van der Waals surface area contributed by atoms with E-state index in [1.807, 2.05) is 16.7 Å². The molecule has 0 aliphatic rings.